The van der Waals surface area contributed by atoms with E-state index in [0.717, 1.165) is 9.37 Å². The van der Waals surface area contributed by atoms with Crippen molar-refractivity contribution in [2.24, 2.45) is 5.73 Å². The van der Waals surface area contributed by atoms with Crippen LogP contribution >= 0.6 is 27.7 Å². The SMILES string of the molecule is Cc1ccc(F)c(C(N)CSc2cccc(Br)c2)c1F. The van der Waals surface area contributed by atoms with Gasteiger partial charge in [-0.1, -0.05) is 28.1 Å². The molecule has 0 radical (unpaired) electrons. The Morgan fingerprint density at radius 1 is 1.25 bits per heavy atom. The van der Waals surface area contributed by atoms with Gasteiger partial charge in [-0.05, 0) is 36.8 Å². The predicted octanol–water partition coefficient (Wildman–Crippen LogP) is 4.83. The molecule has 0 amide bonds. The zero-order valence-corrected chi connectivity index (χ0v) is 13.3. The normalized spacial score (nSPS) is 12.4. The highest BCUT2D eigenvalue weighted by molar-refractivity contribution is 9.10. The van der Waals surface area contributed by atoms with Gasteiger partial charge in [0, 0.05) is 26.7 Å². The minimum absolute atomic E-state index is 0.0347. The molecule has 5 heteroatoms. The molecule has 0 aromatic heterocycles. The van der Waals surface area contributed by atoms with Crippen molar-refractivity contribution in [2.45, 2.75) is 17.9 Å². The van der Waals surface area contributed by atoms with Gasteiger partial charge >= 0.3 is 0 Å². The lowest BCUT2D eigenvalue weighted by atomic mass is 10.0. The Labute approximate surface area is 129 Å². The third kappa shape index (κ3) is 3.59. The van der Waals surface area contributed by atoms with Gasteiger partial charge in [-0.3, -0.25) is 0 Å². The van der Waals surface area contributed by atoms with Crippen molar-refractivity contribution < 1.29 is 8.78 Å². The Bertz CT molecular complexity index is 619. The summed E-state index contributed by atoms with van der Waals surface area (Å²) in [5.41, 5.74) is 6.31. The molecular weight excluding hydrogens is 344 g/mol. The van der Waals surface area contributed by atoms with Crippen LogP contribution in [-0.2, 0) is 0 Å². The summed E-state index contributed by atoms with van der Waals surface area (Å²) in [7, 11) is 0. The van der Waals surface area contributed by atoms with E-state index in [4.69, 9.17) is 5.73 Å². The standard InChI is InChI=1S/C15H14BrF2NS/c1-9-5-6-12(17)14(15(9)18)13(19)8-20-11-4-2-3-10(16)7-11/h2-7,13H,8,19H2,1H3. The van der Waals surface area contributed by atoms with Crippen LogP contribution in [0.3, 0.4) is 0 Å². The summed E-state index contributed by atoms with van der Waals surface area (Å²) in [5.74, 6) is -0.726. The van der Waals surface area contributed by atoms with Crippen molar-refractivity contribution in [1.29, 1.82) is 0 Å². The van der Waals surface area contributed by atoms with E-state index in [0.29, 0.717) is 11.3 Å². The first kappa shape index (κ1) is 15.5. The van der Waals surface area contributed by atoms with E-state index in [2.05, 4.69) is 15.9 Å². The minimum Gasteiger partial charge on any atom is -0.323 e. The van der Waals surface area contributed by atoms with Crippen molar-refractivity contribution in [1.82, 2.24) is 0 Å². The second-order valence-corrected chi connectivity index (χ2v) is 6.48. The number of aryl methyl sites for hydroxylation is 1. The molecule has 106 valence electrons. The summed E-state index contributed by atoms with van der Waals surface area (Å²) < 4.78 is 28.7. The molecule has 0 aliphatic rings. The molecule has 1 nitrogen and oxygen atoms in total. The number of hydrogen-bond acceptors (Lipinski definition) is 2. The number of hydrogen-bond donors (Lipinski definition) is 1. The van der Waals surface area contributed by atoms with Crippen LogP contribution in [0.2, 0.25) is 0 Å². The third-order valence-electron chi connectivity index (χ3n) is 2.92. The maximum atomic E-state index is 14.0. The van der Waals surface area contributed by atoms with Crippen molar-refractivity contribution in [3.8, 4) is 0 Å². The molecule has 2 rings (SSSR count). The second kappa shape index (κ2) is 6.70. The van der Waals surface area contributed by atoms with Crippen molar-refractivity contribution in [3.63, 3.8) is 0 Å². The van der Waals surface area contributed by atoms with Crippen molar-refractivity contribution in [3.05, 3.63) is 63.6 Å². The molecule has 2 N–H and O–H groups in total. The van der Waals surface area contributed by atoms with Crippen LogP contribution in [-0.4, -0.2) is 5.75 Å². The molecule has 0 aliphatic heterocycles. The van der Waals surface area contributed by atoms with Crippen molar-refractivity contribution >= 4 is 27.7 Å². The Kier molecular flexibility index (Phi) is 5.18. The first-order valence-electron chi connectivity index (χ1n) is 6.07. The van der Waals surface area contributed by atoms with Crippen molar-refractivity contribution in [2.75, 3.05) is 5.75 Å². The minimum atomic E-state index is -0.682. The highest BCUT2D eigenvalue weighted by Crippen LogP contribution is 2.28. The van der Waals surface area contributed by atoms with Gasteiger partial charge in [0.25, 0.3) is 0 Å². The van der Waals surface area contributed by atoms with Gasteiger partial charge in [-0.2, -0.15) is 0 Å². The van der Waals surface area contributed by atoms with E-state index in [-0.39, 0.29) is 5.56 Å². The van der Waals surface area contributed by atoms with E-state index in [1.54, 1.807) is 6.92 Å². The summed E-state index contributed by atoms with van der Waals surface area (Å²) >= 11 is 4.85. The molecule has 1 atom stereocenters. The number of thioether (sulfide) groups is 1. The average Bonchev–Trinajstić information content (AvgIpc) is 2.41. The molecular formula is C15H14BrF2NS. The number of rotatable bonds is 4. The Balaban J connectivity index is 2.13. The van der Waals surface area contributed by atoms with Gasteiger partial charge in [0.15, 0.2) is 0 Å². The van der Waals surface area contributed by atoms with E-state index >= 15 is 0 Å². The highest BCUT2D eigenvalue weighted by Gasteiger charge is 2.18. The van der Waals surface area contributed by atoms with Gasteiger partial charge in [0.05, 0.1) is 0 Å². The predicted molar refractivity (Wildman–Crippen MR) is 82.9 cm³/mol. The second-order valence-electron chi connectivity index (χ2n) is 4.47. The van der Waals surface area contributed by atoms with Gasteiger partial charge in [-0.25, -0.2) is 8.78 Å². The zero-order valence-electron chi connectivity index (χ0n) is 10.9. The maximum Gasteiger partial charge on any atom is 0.133 e. The van der Waals surface area contributed by atoms with Crippen LogP contribution in [0.4, 0.5) is 8.78 Å². The summed E-state index contributed by atoms with van der Waals surface area (Å²) in [6.45, 7) is 1.60. The monoisotopic (exact) mass is 357 g/mol. The van der Waals surface area contributed by atoms with Gasteiger partial charge in [-0.15, -0.1) is 11.8 Å². The number of nitrogens with two attached hydrogens (primary N) is 1. The molecule has 0 fully saturated rings. The molecule has 0 saturated carbocycles. The maximum absolute atomic E-state index is 14.0. The molecule has 2 aromatic rings. The first-order chi connectivity index (χ1) is 9.49. The quantitative estimate of drug-likeness (QED) is 0.793. The van der Waals surface area contributed by atoms with Crippen LogP contribution < -0.4 is 5.73 Å². The summed E-state index contributed by atoms with van der Waals surface area (Å²) in [6, 6.07) is 9.71. The van der Waals surface area contributed by atoms with E-state index in [1.165, 1.54) is 23.9 Å². The molecule has 1 unspecified atom stereocenters. The fraction of sp³-hybridized carbons (Fsp3) is 0.200. The van der Waals surface area contributed by atoms with Gasteiger partial charge < -0.3 is 5.73 Å². The fourth-order valence-electron chi connectivity index (χ4n) is 1.84. The summed E-state index contributed by atoms with van der Waals surface area (Å²) in [4.78, 5) is 1.00. The molecule has 0 spiro atoms. The van der Waals surface area contributed by atoms with Crippen LogP contribution in [0.25, 0.3) is 0 Å². The Morgan fingerprint density at radius 2 is 2.00 bits per heavy atom. The molecule has 0 bridgehead atoms. The number of benzene rings is 2. The summed E-state index contributed by atoms with van der Waals surface area (Å²) in [5, 5.41) is 0. The third-order valence-corrected chi connectivity index (χ3v) is 4.52. The lowest BCUT2D eigenvalue weighted by Crippen LogP contribution is -2.17. The van der Waals surface area contributed by atoms with Gasteiger partial charge in [0.1, 0.15) is 11.6 Å². The van der Waals surface area contributed by atoms with Crippen LogP contribution in [0.1, 0.15) is 17.2 Å². The lowest BCUT2D eigenvalue weighted by molar-refractivity contribution is 0.533. The first-order valence-corrected chi connectivity index (χ1v) is 7.85. The molecule has 0 heterocycles. The fourth-order valence-corrected chi connectivity index (χ4v) is 3.32. The number of halogens is 3. The largest absolute Gasteiger partial charge is 0.323 e. The lowest BCUT2D eigenvalue weighted by Gasteiger charge is -2.15. The zero-order chi connectivity index (χ0) is 14.7. The van der Waals surface area contributed by atoms with E-state index < -0.39 is 17.7 Å². The van der Waals surface area contributed by atoms with Crippen LogP contribution in [0, 0.1) is 18.6 Å². The summed E-state index contributed by atoms with van der Waals surface area (Å²) in [6.07, 6.45) is 0. The topological polar surface area (TPSA) is 26.0 Å². The van der Waals surface area contributed by atoms with Crippen LogP contribution in [0.15, 0.2) is 45.8 Å². The van der Waals surface area contributed by atoms with E-state index in [9.17, 15) is 8.78 Å². The Morgan fingerprint density at radius 3 is 2.70 bits per heavy atom. The van der Waals surface area contributed by atoms with Crippen LogP contribution in [0.5, 0.6) is 0 Å². The van der Waals surface area contributed by atoms with Gasteiger partial charge in [0.2, 0.25) is 0 Å². The highest BCUT2D eigenvalue weighted by atomic mass is 79.9. The van der Waals surface area contributed by atoms with E-state index in [1.807, 2.05) is 24.3 Å². The Hall–Kier alpha value is -0.910. The average molecular weight is 358 g/mol. The smallest absolute Gasteiger partial charge is 0.133 e. The molecule has 20 heavy (non-hydrogen) atoms. The molecule has 0 aliphatic carbocycles. The molecule has 0 saturated heterocycles. The molecule has 2 aromatic carbocycles.